The first-order chi connectivity index (χ1) is 8.47. The number of rotatable bonds is 6. The fourth-order valence-corrected chi connectivity index (χ4v) is 1.38. The second-order valence-electron chi connectivity index (χ2n) is 4.02. The first kappa shape index (κ1) is 14.1. The molecule has 9 heteroatoms. The van der Waals surface area contributed by atoms with Crippen LogP contribution in [0.1, 0.15) is 0 Å². The van der Waals surface area contributed by atoms with Gasteiger partial charge in [-0.1, -0.05) is 0 Å². The summed E-state index contributed by atoms with van der Waals surface area (Å²) in [4.78, 5) is 21.8. The van der Waals surface area contributed by atoms with Gasteiger partial charge < -0.3 is 15.2 Å². The number of nitrogens with one attached hydrogen (secondary N) is 1. The lowest BCUT2D eigenvalue weighted by molar-refractivity contribution is -0.383. The highest BCUT2D eigenvalue weighted by atomic mass is 16.6. The SMILES string of the molecule is CN(C)CCN(C)c1ncnc(NN)c1[N+](=O)[O-]. The number of nitro groups is 1. The molecule has 0 amide bonds. The van der Waals surface area contributed by atoms with Crippen LogP contribution in [-0.4, -0.2) is 54.0 Å². The topological polar surface area (TPSA) is 113 Å². The van der Waals surface area contributed by atoms with Gasteiger partial charge in [-0.2, -0.15) is 0 Å². The molecule has 0 aliphatic heterocycles. The van der Waals surface area contributed by atoms with E-state index < -0.39 is 4.92 Å². The van der Waals surface area contributed by atoms with Crippen LogP contribution in [0.2, 0.25) is 0 Å². The Bertz CT molecular complexity index is 423. The summed E-state index contributed by atoms with van der Waals surface area (Å²) in [6, 6.07) is 0. The Balaban J connectivity index is 3.03. The number of nitrogen functional groups attached to an aromatic ring is 1. The smallest absolute Gasteiger partial charge is 0.352 e. The van der Waals surface area contributed by atoms with Gasteiger partial charge in [0, 0.05) is 20.1 Å². The van der Waals surface area contributed by atoms with Crippen molar-refractivity contribution in [3.63, 3.8) is 0 Å². The lowest BCUT2D eigenvalue weighted by Gasteiger charge is -2.20. The highest BCUT2D eigenvalue weighted by Gasteiger charge is 2.24. The number of aromatic nitrogens is 2. The molecule has 1 aromatic heterocycles. The Morgan fingerprint density at radius 2 is 2.06 bits per heavy atom. The lowest BCUT2D eigenvalue weighted by Crippen LogP contribution is -2.30. The molecule has 0 saturated heterocycles. The molecule has 0 aliphatic carbocycles. The maximum atomic E-state index is 11.0. The van der Waals surface area contributed by atoms with Crippen molar-refractivity contribution in [2.75, 3.05) is 44.6 Å². The maximum absolute atomic E-state index is 11.0. The van der Waals surface area contributed by atoms with Crippen LogP contribution < -0.4 is 16.2 Å². The molecule has 0 aliphatic rings. The predicted octanol–water partition coefficient (Wildman–Crippen LogP) is -0.332. The van der Waals surface area contributed by atoms with E-state index in [2.05, 4.69) is 15.4 Å². The average Bonchev–Trinajstić information content (AvgIpc) is 2.34. The summed E-state index contributed by atoms with van der Waals surface area (Å²) < 4.78 is 0. The van der Waals surface area contributed by atoms with Gasteiger partial charge in [-0.3, -0.25) is 10.1 Å². The van der Waals surface area contributed by atoms with Crippen molar-refractivity contribution in [2.45, 2.75) is 0 Å². The van der Waals surface area contributed by atoms with Crippen molar-refractivity contribution in [1.29, 1.82) is 0 Å². The molecular weight excluding hydrogens is 238 g/mol. The highest BCUT2D eigenvalue weighted by molar-refractivity contribution is 5.69. The van der Waals surface area contributed by atoms with Gasteiger partial charge in [0.05, 0.1) is 4.92 Å². The van der Waals surface area contributed by atoms with Gasteiger partial charge in [0.1, 0.15) is 6.33 Å². The lowest BCUT2D eigenvalue weighted by atomic mass is 10.4. The van der Waals surface area contributed by atoms with Crippen LogP contribution in [-0.2, 0) is 0 Å². The van der Waals surface area contributed by atoms with E-state index in [1.54, 1.807) is 11.9 Å². The summed E-state index contributed by atoms with van der Waals surface area (Å²) in [5.74, 6) is 5.45. The van der Waals surface area contributed by atoms with E-state index in [9.17, 15) is 10.1 Å². The third kappa shape index (κ3) is 3.25. The van der Waals surface area contributed by atoms with E-state index in [4.69, 9.17) is 5.84 Å². The first-order valence-corrected chi connectivity index (χ1v) is 5.29. The molecule has 18 heavy (non-hydrogen) atoms. The van der Waals surface area contributed by atoms with E-state index in [1.807, 2.05) is 19.0 Å². The van der Waals surface area contributed by atoms with Crippen molar-refractivity contribution in [3.05, 3.63) is 16.4 Å². The van der Waals surface area contributed by atoms with Crippen molar-refractivity contribution in [2.24, 2.45) is 5.84 Å². The zero-order valence-corrected chi connectivity index (χ0v) is 10.6. The molecule has 0 atom stereocenters. The maximum Gasteiger partial charge on any atom is 0.354 e. The molecule has 9 nitrogen and oxygen atoms in total. The fourth-order valence-electron chi connectivity index (χ4n) is 1.38. The summed E-state index contributed by atoms with van der Waals surface area (Å²) >= 11 is 0. The number of nitrogens with two attached hydrogens (primary N) is 1. The Morgan fingerprint density at radius 3 is 2.56 bits per heavy atom. The molecule has 0 unspecified atom stereocenters. The fraction of sp³-hybridized carbons (Fsp3) is 0.556. The minimum atomic E-state index is -0.545. The monoisotopic (exact) mass is 255 g/mol. The second kappa shape index (κ2) is 6.07. The van der Waals surface area contributed by atoms with Gasteiger partial charge in [-0.05, 0) is 14.1 Å². The predicted molar refractivity (Wildman–Crippen MR) is 68.3 cm³/mol. The number of anilines is 2. The highest BCUT2D eigenvalue weighted by Crippen LogP contribution is 2.30. The van der Waals surface area contributed by atoms with Crippen LogP contribution in [0.15, 0.2) is 6.33 Å². The zero-order valence-electron chi connectivity index (χ0n) is 10.6. The summed E-state index contributed by atoms with van der Waals surface area (Å²) in [6.45, 7) is 1.36. The molecule has 1 heterocycles. The van der Waals surface area contributed by atoms with E-state index >= 15 is 0 Å². The van der Waals surface area contributed by atoms with Crippen LogP contribution >= 0.6 is 0 Å². The molecule has 0 radical (unpaired) electrons. The molecule has 0 aromatic carbocycles. The number of likely N-dealkylation sites (N-methyl/N-ethyl adjacent to an activating group) is 2. The standard InChI is InChI=1S/C9H17N7O2/c1-14(2)4-5-15(3)9-7(16(17)18)8(13-10)11-6-12-9/h6H,4-5,10H2,1-3H3,(H,11,12,13). The van der Waals surface area contributed by atoms with Crippen molar-refractivity contribution >= 4 is 17.3 Å². The summed E-state index contributed by atoms with van der Waals surface area (Å²) in [5.41, 5.74) is 1.99. The Morgan fingerprint density at radius 1 is 1.39 bits per heavy atom. The van der Waals surface area contributed by atoms with E-state index in [0.29, 0.717) is 6.54 Å². The second-order valence-corrected chi connectivity index (χ2v) is 4.02. The number of hydrogen-bond donors (Lipinski definition) is 2. The molecule has 0 bridgehead atoms. The third-order valence-electron chi connectivity index (χ3n) is 2.37. The number of nitrogens with zero attached hydrogens (tertiary/aromatic N) is 5. The molecule has 0 spiro atoms. The van der Waals surface area contributed by atoms with Gasteiger partial charge in [-0.15, -0.1) is 0 Å². The largest absolute Gasteiger partial charge is 0.354 e. The van der Waals surface area contributed by atoms with Crippen LogP contribution in [0.4, 0.5) is 17.3 Å². The average molecular weight is 255 g/mol. The quantitative estimate of drug-likeness (QED) is 0.403. The van der Waals surface area contributed by atoms with E-state index in [-0.39, 0.29) is 17.3 Å². The van der Waals surface area contributed by atoms with Crippen LogP contribution in [0.25, 0.3) is 0 Å². The Hall–Kier alpha value is -2.00. The number of hydrazine groups is 1. The molecule has 0 saturated carbocycles. The number of hydrogen-bond acceptors (Lipinski definition) is 8. The summed E-state index contributed by atoms with van der Waals surface area (Å²) in [5, 5.41) is 11.0. The normalized spacial score (nSPS) is 10.5. The Labute approximate surface area is 105 Å². The van der Waals surface area contributed by atoms with Crippen LogP contribution in [0.3, 0.4) is 0 Å². The van der Waals surface area contributed by atoms with Gasteiger partial charge >= 0.3 is 5.69 Å². The summed E-state index contributed by atoms with van der Waals surface area (Å²) in [6.07, 6.45) is 1.24. The van der Waals surface area contributed by atoms with Gasteiger partial charge in [-0.25, -0.2) is 15.8 Å². The first-order valence-electron chi connectivity index (χ1n) is 5.29. The van der Waals surface area contributed by atoms with Crippen molar-refractivity contribution < 1.29 is 4.92 Å². The zero-order chi connectivity index (χ0) is 13.7. The van der Waals surface area contributed by atoms with Crippen molar-refractivity contribution in [3.8, 4) is 0 Å². The van der Waals surface area contributed by atoms with Crippen LogP contribution in [0, 0.1) is 10.1 Å². The Kier molecular flexibility index (Phi) is 4.75. The van der Waals surface area contributed by atoms with E-state index in [0.717, 1.165) is 6.54 Å². The summed E-state index contributed by atoms with van der Waals surface area (Å²) in [7, 11) is 5.59. The third-order valence-corrected chi connectivity index (χ3v) is 2.37. The van der Waals surface area contributed by atoms with Gasteiger partial charge in [0.2, 0.25) is 11.6 Å². The minimum Gasteiger partial charge on any atom is -0.352 e. The van der Waals surface area contributed by atoms with Crippen LogP contribution in [0.5, 0.6) is 0 Å². The van der Waals surface area contributed by atoms with E-state index in [1.165, 1.54) is 6.33 Å². The van der Waals surface area contributed by atoms with Crippen molar-refractivity contribution in [1.82, 2.24) is 14.9 Å². The molecule has 1 rings (SSSR count). The molecule has 1 aromatic rings. The van der Waals surface area contributed by atoms with Gasteiger partial charge in [0.15, 0.2) is 0 Å². The van der Waals surface area contributed by atoms with Gasteiger partial charge in [0.25, 0.3) is 0 Å². The molecule has 100 valence electrons. The molecule has 0 fully saturated rings. The minimum absolute atomic E-state index is 0.00158. The molecular formula is C9H17N7O2. The molecule has 3 N–H and O–H groups in total.